The zero-order valence-corrected chi connectivity index (χ0v) is 15.3. The normalized spacial score (nSPS) is 11.2. The molecule has 0 fully saturated rings. The summed E-state index contributed by atoms with van der Waals surface area (Å²) < 4.78 is 7.15. The molecule has 26 heavy (non-hydrogen) atoms. The molecule has 7 heteroatoms. The summed E-state index contributed by atoms with van der Waals surface area (Å²) in [5.74, 6) is 0.497. The monoisotopic (exact) mass is 366 g/mol. The molecule has 0 bridgehead atoms. The topological polar surface area (TPSA) is 73.0 Å². The van der Waals surface area contributed by atoms with E-state index in [9.17, 15) is 4.79 Å². The van der Waals surface area contributed by atoms with Crippen molar-refractivity contribution >= 4 is 28.3 Å². The molecule has 4 rings (SSSR count). The van der Waals surface area contributed by atoms with Gasteiger partial charge in [-0.1, -0.05) is 6.07 Å². The van der Waals surface area contributed by atoms with Gasteiger partial charge in [-0.25, -0.2) is 4.98 Å². The second kappa shape index (κ2) is 6.76. The zero-order chi connectivity index (χ0) is 18.1. The van der Waals surface area contributed by atoms with Gasteiger partial charge >= 0.3 is 0 Å². The number of thiophene rings is 1. The number of pyridine rings is 1. The van der Waals surface area contributed by atoms with Gasteiger partial charge < -0.3 is 9.73 Å². The van der Waals surface area contributed by atoms with Crippen LogP contribution in [-0.2, 0) is 13.5 Å². The van der Waals surface area contributed by atoms with Gasteiger partial charge in [-0.2, -0.15) is 5.10 Å². The Morgan fingerprint density at radius 2 is 2.23 bits per heavy atom. The number of aromatic nitrogens is 3. The Kier molecular flexibility index (Phi) is 4.30. The van der Waals surface area contributed by atoms with Crippen LogP contribution in [0, 0.1) is 6.92 Å². The van der Waals surface area contributed by atoms with Crippen molar-refractivity contribution in [2.45, 2.75) is 13.3 Å². The maximum atomic E-state index is 12.9. The van der Waals surface area contributed by atoms with Gasteiger partial charge in [0.05, 0.1) is 22.9 Å². The van der Waals surface area contributed by atoms with E-state index in [4.69, 9.17) is 4.42 Å². The Labute approximate surface area is 154 Å². The van der Waals surface area contributed by atoms with E-state index in [2.05, 4.69) is 21.5 Å². The number of nitrogens with one attached hydrogen (secondary N) is 1. The molecule has 4 heterocycles. The largest absolute Gasteiger partial charge is 0.463 e. The first-order chi connectivity index (χ1) is 12.6. The second-order valence-corrected chi connectivity index (χ2v) is 7.06. The van der Waals surface area contributed by atoms with Crippen LogP contribution in [-0.4, -0.2) is 27.2 Å². The minimum atomic E-state index is -0.127. The molecule has 0 saturated carbocycles. The fourth-order valence-corrected chi connectivity index (χ4v) is 3.73. The SMILES string of the molecule is Cc1nn(C)c2nc(-c3ccco3)cc(C(=O)NCCc3cccs3)c12. The second-order valence-electron chi connectivity index (χ2n) is 6.03. The molecule has 0 aliphatic rings. The fraction of sp³-hybridized carbons (Fsp3) is 0.211. The maximum absolute atomic E-state index is 12.9. The molecular formula is C19H18N4O2S. The maximum Gasteiger partial charge on any atom is 0.252 e. The van der Waals surface area contributed by atoms with Gasteiger partial charge in [-0.3, -0.25) is 9.48 Å². The Bertz CT molecular complexity index is 1050. The van der Waals surface area contributed by atoms with Gasteiger partial charge in [0.25, 0.3) is 5.91 Å². The van der Waals surface area contributed by atoms with Crippen LogP contribution in [0.25, 0.3) is 22.5 Å². The lowest BCUT2D eigenvalue weighted by molar-refractivity contribution is 0.0956. The number of furan rings is 1. The number of rotatable bonds is 5. The highest BCUT2D eigenvalue weighted by Gasteiger charge is 2.19. The highest BCUT2D eigenvalue weighted by atomic mass is 32.1. The Morgan fingerprint density at radius 1 is 1.35 bits per heavy atom. The number of hydrogen-bond donors (Lipinski definition) is 1. The van der Waals surface area contributed by atoms with Crippen molar-refractivity contribution in [3.63, 3.8) is 0 Å². The molecule has 0 atom stereocenters. The minimum Gasteiger partial charge on any atom is -0.463 e. The van der Waals surface area contributed by atoms with Crippen molar-refractivity contribution in [2.75, 3.05) is 6.54 Å². The quantitative estimate of drug-likeness (QED) is 0.586. The van der Waals surface area contributed by atoms with Crippen LogP contribution < -0.4 is 5.32 Å². The summed E-state index contributed by atoms with van der Waals surface area (Å²) in [5.41, 5.74) is 2.64. The summed E-state index contributed by atoms with van der Waals surface area (Å²) in [6.45, 7) is 2.47. The van der Waals surface area contributed by atoms with Crippen molar-refractivity contribution in [3.8, 4) is 11.5 Å². The molecule has 6 nitrogen and oxygen atoms in total. The van der Waals surface area contributed by atoms with Crippen molar-refractivity contribution in [3.05, 3.63) is 58.1 Å². The summed E-state index contributed by atoms with van der Waals surface area (Å²) in [7, 11) is 1.83. The van der Waals surface area contributed by atoms with Crippen LogP contribution in [0.3, 0.4) is 0 Å². The highest BCUT2D eigenvalue weighted by molar-refractivity contribution is 7.09. The van der Waals surface area contributed by atoms with E-state index in [1.807, 2.05) is 31.5 Å². The summed E-state index contributed by atoms with van der Waals surface area (Å²) in [6, 6.07) is 9.49. The lowest BCUT2D eigenvalue weighted by Gasteiger charge is -2.08. The summed E-state index contributed by atoms with van der Waals surface area (Å²) in [4.78, 5) is 18.7. The van der Waals surface area contributed by atoms with Gasteiger partial charge in [0.2, 0.25) is 0 Å². The molecule has 0 aliphatic carbocycles. The van der Waals surface area contributed by atoms with Crippen LogP contribution in [0.2, 0.25) is 0 Å². The summed E-state index contributed by atoms with van der Waals surface area (Å²) in [5, 5.41) is 10.2. The van der Waals surface area contributed by atoms with Crippen molar-refractivity contribution in [1.29, 1.82) is 0 Å². The zero-order valence-electron chi connectivity index (χ0n) is 14.5. The molecule has 1 N–H and O–H groups in total. The Hall–Kier alpha value is -2.93. The number of carbonyl (C=O) groups is 1. The first-order valence-corrected chi connectivity index (χ1v) is 9.20. The van der Waals surface area contributed by atoms with E-state index in [1.54, 1.807) is 34.4 Å². The van der Waals surface area contributed by atoms with E-state index < -0.39 is 0 Å². The number of aryl methyl sites for hydroxylation is 2. The van der Waals surface area contributed by atoms with E-state index in [0.717, 1.165) is 17.5 Å². The van der Waals surface area contributed by atoms with Gasteiger partial charge in [0, 0.05) is 18.5 Å². The predicted octanol–water partition coefficient (Wildman–Crippen LogP) is 3.57. The van der Waals surface area contributed by atoms with Crippen LogP contribution in [0.4, 0.5) is 0 Å². The van der Waals surface area contributed by atoms with Gasteiger partial charge in [0.1, 0.15) is 5.69 Å². The molecule has 0 radical (unpaired) electrons. The summed E-state index contributed by atoms with van der Waals surface area (Å²) >= 11 is 1.69. The van der Waals surface area contributed by atoms with Crippen LogP contribution in [0.5, 0.6) is 0 Å². The standard InChI is InChI=1S/C19H18N4O2S/c1-12-17-14(19(24)20-8-7-13-5-4-10-26-13)11-15(16-6-3-9-25-16)21-18(17)23(2)22-12/h3-6,9-11H,7-8H2,1-2H3,(H,20,24). The smallest absolute Gasteiger partial charge is 0.252 e. The van der Waals surface area contributed by atoms with Crippen LogP contribution in [0.1, 0.15) is 20.9 Å². The molecule has 0 saturated heterocycles. The third kappa shape index (κ3) is 3.01. The van der Waals surface area contributed by atoms with Gasteiger partial charge in [0.15, 0.2) is 11.4 Å². The molecule has 132 valence electrons. The number of carbonyl (C=O) groups excluding carboxylic acids is 1. The number of fused-ring (bicyclic) bond motifs is 1. The van der Waals surface area contributed by atoms with Gasteiger partial charge in [-0.15, -0.1) is 11.3 Å². The third-order valence-corrected chi connectivity index (χ3v) is 5.16. The van der Waals surface area contributed by atoms with E-state index in [0.29, 0.717) is 29.2 Å². The molecule has 4 aromatic rings. The first-order valence-electron chi connectivity index (χ1n) is 8.32. The van der Waals surface area contributed by atoms with Crippen LogP contribution in [0.15, 0.2) is 46.4 Å². The molecule has 0 spiro atoms. The minimum absolute atomic E-state index is 0.127. The number of amides is 1. The molecule has 4 aromatic heterocycles. The molecule has 0 aromatic carbocycles. The molecule has 1 amide bonds. The van der Waals surface area contributed by atoms with Crippen molar-refractivity contribution in [2.24, 2.45) is 7.05 Å². The van der Waals surface area contributed by atoms with E-state index in [-0.39, 0.29) is 5.91 Å². The van der Waals surface area contributed by atoms with E-state index >= 15 is 0 Å². The average Bonchev–Trinajstić information content (AvgIpc) is 3.37. The number of nitrogens with zero attached hydrogens (tertiary/aromatic N) is 3. The molecule has 0 aliphatic heterocycles. The predicted molar refractivity (Wildman–Crippen MR) is 101 cm³/mol. The highest BCUT2D eigenvalue weighted by Crippen LogP contribution is 2.27. The third-order valence-electron chi connectivity index (χ3n) is 4.22. The lowest BCUT2D eigenvalue weighted by Crippen LogP contribution is -2.26. The molecule has 0 unspecified atom stereocenters. The van der Waals surface area contributed by atoms with Crippen LogP contribution >= 0.6 is 11.3 Å². The first kappa shape index (κ1) is 16.5. The van der Waals surface area contributed by atoms with Crippen molar-refractivity contribution in [1.82, 2.24) is 20.1 Å². The Morgan fingerprint density at radius 3 is 2.96 bits per heavy atom. The van der Waals surface area contributed by atoms with Crippen molar-refractivity contribution < 1.29 is 9.21 Å². The average molecular weight is 366 g/mol. The fourth-order valence-electron chi connectivity index (χ4n) is 3.02. The Balaban J connectivity index is 1.69. The number of hydrogen-bond acceptors (Lipinski definition) is 5. The van der Waals surface area contributed by atoms with Gasteiger partial charge in [-0.05, 0) is 43.0 Å². The molecular weight excluding hydrogens is 348 g/mol. The lowest BCUT2D eigenvalue weighted by atomic mass is 10.1. The van der Waals surface area contributed by atoms with E-state index in [1.165, 1.54) is 4.88 Å². The summed E-state index contributed by atoms with van der Waals surface area (Å²) in [6.07, 6.45) is 2.41.